The number of hydrogen-bond acceptors (Lipinski definition) is 3. The number of aryl methyl sites for hydroxylation is 2. The van der Waals surface area contributed by atoms with Crippen LogP contribution < -0.4 is 5.73 Å². The number of fused-ring (bicyclic) bond motifs is 1. The predicted octanol–water partition coefficient (Wildman–Crippen LogP) is 3.05. The Bertz CT molecular complexity index is 741. The van der Waals surface area contributed by atoms with Gasteiger partial charge in [0.1, 0.15) is 0 Å². The first-order valence-corrected chi connectivity index (χ1v) is 8.38. The Hall–Kier alpha value is -1.94. The number of amides is 1. The molecule has 0 aliphatic carbocycles. The third-order valence-corrected chi connectivity index (χ3v) is 4.90. The summed E-state index contributed by atoms with van der Waals surface area (Å²) in [6.07, 6.45) is 2.03. The summed E-state index contributed by atoms with van der Waals surface area (Å²) < 4.78 is 0. The molecule has 2 atom stereocenters. The number of aromatic nitrogens is 1. The molecule has 1 aliphatic rings. The van der Waals surface area contributed by atoms with Crippen LogP contribution in [0.15, 0.2) is 24.3 Å². The third-order valence-electron chi connectivity index (χ3n) is 4.90. The molecule has 1 saturated heterocycles. The van der Waals surface area contributed by atoms with Gasteiger partial charge in [0.2, 0.25) is 0 Å². The first kappa shape index (κ1) is 15.9. The topological polar surface area (TPSA) is 59.2 Å². The lowest BCUT2D eigenvalue weighted by Gasteiger charge is -2.38. The molecule has 2 unspecified atom stereocenters. The Balaban J connectivity index is 1.98. The summed E-state index contributed by atoms with van der Waals surface area (Å²) >= 11 is 0. The summed E-state index contributed by atoms with van der Waals surface area (Å²) in [7, 11) is 0. The van der Waals surface area contributed by atoms with Crippen molar-refractivity contribution in [2.45, 2.75) is 39.7 Å². The van der Waals surface area contributed by atoms with Crippen LogP contribution >= 0.6 is 0 Å². The zero-order chi connectivity index (χ0) is 16.6. The third kappa shape index (κ3) is 3.08. The van der Waals surface area contributed by atoms with E-state index in [1.54, 1.807) is 0 Å². The number of benzene rings is 1. The molecule has 0 spiro atoms. The second kappa shape index (κ2) is 6.28. The van der Waals surface area contributed by atoms with Crippen LogP contribution in [0, 0.1) is 19.8 Å². The van der Waals surface area contributed by atoms with E-state index in [1.807, 2.05) is 30.0 Å². The van der Waals surface area contributed by atoms with Gasteiger partial charge in [-0.05, 0) is 50.8 Å². The monoisotopic (exact) mass is 311 g/mol. The minimum Gasteiger partial charge on any atom is -0.334 e. The highest BCUT2D eigenvalue weighted by Gasteiger charge is 2.30. The van der Waals surface area contributed by atoms with Crippen molar-refractivity contribution in [2.24, 2.45) is 11.7 Å². The van der Waals surface area contributed by atoms with Gasteiger partial charge < -0.3 is 10.6 Å². The zero-order valence-electron chi connectivity index (χ0n) is 14.2. The van der Waals surface area contributed by atoms with Crippen molar-refractivity contribution in [3.8, 4) is 0 Å². The highest BCUT2D eigenvalue weighted by atomic mass is 16.2. The van der Waals surface area contributed by atoms with Gasteiger partial charge in [-0.1, -0.05) is 18.6 Å². The van der Waals surface area contributed by atoms with E-state index in [2.05, 4.69) is 24.9 Å². The van der Waals surface area contributed by atoms with Gasteiger partial charge in [0.05, 0.1) is 16.8 Å². The van der Waals surface area contributed by atoms with Gasteiger partial charge in [0.15, 0.2) is 0 Å². The fourth-order valence-electron chi connectivity index (χ4n) is 3.51. The quantitative estimate of drug-likeness (QED) is 0.927. The van der Waals surface area contributed by atoms with E-state index in [4.69, 9.17) is 5.73 Å². The van der Waals surface area contributed by atoms with Crippen LogP contribution in [0.4, 0.5) is 0 Å². The standard InChI is InChI=1S/C19H25N3O/c1-12-4-5-18-15(8-12)10-17(14(3)21-18)19(23)22-7-6-13(2)9-16(22)11-20/h4-5,8,10,13,16H,6-7,9,11,20H2,1-3H3. The number of likely N-dealkylation sites (tertiary alicyclic amines) is 1. The number of nitrogens with zero attached hydrogens (tertiary/aromatic N) is 2. The predicted molar refractivity (Wildman–Crippen MR) is 93.5 cm³/mol. The molecule has 2 aromatic rings. The lowest BCUT2D eigenvalue weighted by Crippen LogP contribution is -2.49. The highest BCUT2D eigenvalue weighted by Crippen LogP contribution is 2.25. The fourth-order valence-corrected chi connectivity index (χ4v) is 3.51. The molecule has 0 radical (unpaired) electrons. The number of carbonyl (C=O) groups excluding carboxylic acids is 1. The average Bonchev–Trinajstić information content (AvgIpc) is 2.53. The summed E-state index contributed by atoms with van der Waals surface area (Å²) in [5, 5.41) is 1.02. The Labute approximate surface area is 137 Å². The Morgan fingerprint density at radius 1 is 1.35 bits per heavy atom. The largest absolute Gasteiger partial charge is 0.334 e. The van der Waals surface area contributed by atoms with Crippen LogP contribution in [0.2, 0.25) is 0 Å². The Morgan fingerprint density at radius 3 is 2.87 bits per heavy atom. The van der Waals surface area contributed by atoms with Crippen molar-refractivity contribution in [3.63, 3.8) is 0 Å². The van der Waals surface area contributed by atoms with E-state index in [1.165, 1.54) is 5.56 Å². The van der Waals surface area contributed by atoms with E-state index in [9.17, 15) is 4.79 Å². The Kier molecular flexibility index (Phi) is 4.35. The van der Waals surface area contributed by atoms with Crippen molar-refractivity contribution < 1.29 is 4.79 Å². The van der Waals surface area contributed by atoms with Crippen LogP contribution in [0.5, 0.6) is 0 Å². The molecule has 3 rings (SSSR count). The van der Waals surface area contributed by atoms with Crippen molar-refractivity contribution in [3.05, 3.63) is 41.1 Å². The van der Waals surface area contributed by atoms with Gasteiger partial charge in [-0.3, -0.25) is 9.78 Å². The van der Waals surface area contributed by atoms with Gasteiger partial charge in [0, 0.05) is 24.5 Å². The smallest absolute Gasteiger partial charge is 0.256 e. The summed E-state index contributed by atoms with van der Waals surface area (Å²) in [6.45, 7) is 7.51. The molecule has 0 bridgehead atoms. The van der Waals surface area contributed by atoms with Crippen LogP contribution in [0.3, 0.4) is 0 Å². The first-order valence-electron chi connectivity index (χ1n) is 8.38. The maximum atomic E-state index is 13.1. The van der Waals surface area contributed by atoms with Crippen molar-refractivity contribution in [1.29, 1.82) is 0 Å². The van der Waals surface area contributed by atoms with E-state index in [0.29, 0.717) is 18.0 Å². The minimum atomic E-state index is 0.0701. The molecule has 1 amide bonds. The molecular formula is C19H25N3O. The van der Waals surface area contributed by atoms with Gasteiger partial charge in [-0.25, -0.2) is 0 Å². The molecule has 1 aliphatic heterocycles. The first-order chi connectivity index (χ1) is 11.0. The van der Waals surface area contributed by atoms with Crippen LogP contribution in [-0.4, -0.2) is 34.9 Å². The van der Waals surface area contributed by atoms with Gasteiger partial charge in [-0.15, -0.1) is 0 Å². The molecular weight excluding hydrogens is 286 g/mol. The molecule has 1 aromatic carbocycles. The normalized spacial score (nSPS) is 21.7. The number of carbonyl (C=O) groups is 1. The number of nitrogens with two attached hydrogens (primary N) is 1. The molecule has 23 heavy (non-hydrogen) atoms. The van der Waals surface area contributed by atoms with Gasteiger partial charge in [0.25, 0.3) is 5.91 Å². The lowest BCUT2D eigenvalue weighted by molar-refractivity contribution is 0.0572. The second-order valence-corrected chi connectivity index (χ2v) is 6.84. The molecule has 1 aromatic heterocycles. The van der Waals surface area contributed by atoms with Gasteiger partial charge >= 0.3 is 0 Å². The maximum absolute atomic E-state index is 13.1. The summed E-state index contributed by atoms with van der Waals surface area (Å²) in [5.41, 5.74) is 9.52. The molecule has 122 valence electrons. The van der Waals surface area contributed by atoms with E-state index < -0.39 is 0 Å². The summed E-state index contributed by atoms with van der Waals surface area (Å²) in [4.78, 5) is 19.6. The number of rotatable bonds is 2. The fraction of sp³-hybridized carbons (Fsp3) is 0.474. The van der Waals surface area contributed by atoms with Crippen molar-refractivity contribution in [1.82, 2.24) is 9.88 Å². The van der Waals surface area contributed by atoms with E-state index in [0.717, 1.165) is 36.0 Å². The SMILES string of the molecule is Cc1ccc2nc(C)c(C(=O)N3CCC(C)CC3CN)cc2c1. The number of pyridine rings is 1. The van der Waals surface area contributed by atoms with Gasteiger partial charge in [-0.2, -0.15) is 0 Å². The number of hydrogen-bond donors (Lipinski definition) is 1. The van der Waals surface area contributed by atoms with E-state index >= 15 is 0 Å². The number of piperidine rings is 1. The van der Waals surface area contributed by atoms with Crippen LogP contribution in [0.25, 0.3) is 10.9 Å². The van der Waals surface area contributed by atoms with Crippen LogP contribution in [0.1, 0.15) is 41.4 Å². The second-order valence-electron chi connectivity index (χ2n) is 6.84. The molecule has 0 saturated carbocycles. The lowest BCUT2D eigenvalue weighted by atomic mass is 9.91. The summed E-state index contributed by atoms with van der Waals surface area (Å²) in [6, 6.07) is 8.26. The van der Waals surface area contributed by atoms with Crippen molar-refractivity contribution >= 4 is 16.8 Å². The van der Waals surface area contributed by atoms with Crippen molar-refractivity contribution in [2.75, 3.05) is 13.1 Å². The minimum absolute atomic E-state index is 0.0701. The van der Waals surface area contributed by atoms with Crippen LogP contribution in [-0.2, 0) is 0 Å². The highest BCUT2D eigenvalue weighted by molar-refractivity contribution is 5.99. The zero-order valence-corrected chi connectivity index (χ0v) is 14.2. The molecule has 2 heterocycles. The maximum Gasteiger partial charge on any atom is 0.256 e. The molecule has 4 nitrogen and oxygen atoms in total. The summed E-state index contributed by atoms with van der Waals surface area (Å²) in [5.74, 6) is 0.701. The molecule has 1 fully saturated rings. The molecule has 4 heteroatoms. The van der Waals surface area contributed by atoms with E-state index in [-0.39, 0.29) is 11.9 Å². The molecule has 2 N–H and O–H groups in total. The average molecular weight is 311 g/mol. The Morgan fingerprint density at radius 2 is 2.13 bits per heavy atom.